The molecule has 2 aliphatic heterocycles. The second-order valence-electron chi connectivity index (χ2n) is 7.12. The van der Waals surface area contributed by atoms with Crippen LogP contribution >= 0.6 is 0 Å². The van der Waals surface area contributed by atoms with E-state index in [-0.39, 0.29) is 5.91 Å². The average molecular weight is 357 g/mol. The van der Waals surface area contributed by atoms with Crippen LogP contribution in [0.1, 0.15) is 5.82 Å². The number of aryl methyl sites for hydroxylation is 1. The summed E-state index contributed by atoms with van der Waals surface area (Å²) in [7, 11) is 2.08. The minimum absolute atomic E-state index is 0.245. The van der Waals surface area contributed by atoms with Crippen LogP contribution in [0.5, 0.6) is 0 Å². The number of amides is 1. The van der Waals surface area contributed by atoms with Gasteiger partial charge in [0.1, 0.15) is 5.82 Å². The number of ether oxygens (including phenoxy) is 1. The number of hydrogen-bond acceptors (Lipinski definition) is 5. The van der Waals surface area contributed by atoms with Gasteiger partial charge in [0.2, 0.25) is 5.91 Å². The van der Waals surface area contributed by atoms with Gasteiger partial charge in [-0.05, 0) is 12.1 Å². The molecule has 140 valence electrons. The molecule has 2 aliphatic rings. The van der Waals surface area contributed by atoms with Crippen LogP contribution in [0.2, 0.25) is 0 Å². The van der Waals surface area contributed by atoms with E-state index in [1.54, 1.807) is 0 Å². The molecule has 2 aromatic rings. The normalized spacial score (nSPS) is 20.0. The van der Waals surface area contributed by atoms with Gasteiger partial charge in [-0.15, -0.1) is 0 Å². The molecule has 1 amide bonds. The standard InChI is InChI=1S/C19H27N5O2/c1-21-17-5-3-2-4-16(17)20-18(21)14-22-6-8-24(9-7-22)19(25)15-23-10-12-26-13-11-23/h2-5H,6-15H2,1H3. The van der Waals surface area contributed by atoms with E-state index in [0.29, 0.717) is 6.54 Å². The minimum Gasteiger partial charge on any atom is -0.379 e. The van der Waals surface area contributed by atoms with Crippen LogP contribution in [0.3, 0.4) is 0 Å². The number of piperazine rings is 1. The molecule has 0 atom stereocenters. The highest BCUT2D eigenvalue weighted by Gasteiger charge is 2.24. The first kappa shape index (κ1) is 17.5. The lowest BCUT2D eigenvalue weighted by molar-refractivity contribution is -0.135. The van der Waals surface area contributed by atoms with Crippen LogP contribution in [0, 0.1) is 0 Å². The first-order valence-corrected chi connectivity index (χ1v) is 9.41. The number of rotatable bonds is 4. The fraction of sp³-hybridized carbons (Fsp3) is 0.579. The highest BCUT2D eigenvalue weighted by Crippen LogP contribution is 2.16. The summed E-state index contributed by atoms with van der Waals surface area (Å²) in [6.45, 7) is 7.94. The van der Waals surface area contributed by atoms with Gasteiger partial charge in [-0.1, -0.05) is 12.1 Å². The lowest BCUT2D eigenvalue weighted by Crippen LogP contribution is -2.52. The third-order valence-electron chi connectivity index (χ3n) is 5.43. The van der Waals surface area contributed by atoms with E-state index in [9.17, 15) is 4.79 Å². The van der Waals surface area contributed by atoms with Crippen molar-refractivity contribution in [1.29, 1.82) is 0 Å². The van der Waals surface area contributed by atoms with Gasteiger partial charge in [0.15, 0.2) is 0 Å². The molecule has 0 bridgehead atoms. The monoisotopic (exact) mass is 357 g/mol. The maximum Gasteiger partial charge on any atom is 0.236 e. The molecule has 0 N–H and O–H groups in total. The van der Waals surface area contributed by atoms with E-state index in [1.165, 1.54) is 5.52 Å². The Balaban J connectivity index is 1.30. The summed E-state index contributed by atoms with van der Waals surface area (Å²) in [6.07, 6.45) is 0. The zero-order chi connectivity index (χ0) is 17.9. The van der Waals surface area contributed by atoms with Crippen LogP contribution < -0.4 is 0 Å². The Morgan fingerprint density at radius 1 is 1.04 bits per heavy atom. The third kappa shape index (κ3) is 3.75. The number of para-hydroxylation sites is 2. The predicted molar refractivity (Wildman–Crippen MR) is 99.8 cm³/mol. The lowest BCUT2D eigenvalue weighted by Gasteiger charge is -2.36. The Morgan fingerprint density at radius 2 is 1.77 bits per heavy atom. The Labute approximate surface area is 154 Å². The van der Waals surface area contributed by atoms with Gasteiger partial charge in [0, 0.05) is 46.3 Å². The molecular weight excluding hydrogens is 330 g/mol. The van der Waals surface area contributed by atoms with Gasteiger partial charge in [-0.25, -0.2) is 4.98 Å². The van der Waals surface area contributed by atoms with Crippen molar-refractivity contribution in [2.45, 2.75) is 6.54 Å². The lowest BCUT2D eigenvalue weighted by atomic mass is 10.3. The number of carbonyl (C=O) groups excluding carboxylic acids is 1. The summed E-state index contributed by atoms with van der Waals surface area (Å²) in [5, 5.41) is 0. The summed E-state index contributed by atoms with van der Waals surface area (Å²) < 4.78 is 7.52. The summed E-state index contributed by atoms with van der Waals surface area (Å²) in [6, 6.07) is 8.24. The molecule has 26 heavy (non-hydrogen) atoms. The van der Waals surface area contributed by atoms with E-state index < -0.39 is 0 Å². The van der Waals surface area contributed by atoms with Crippen LogP contribution in [0.25, 0.3) is 11.0 Å². The second kappa shape index (κ2) is 7.73. The summed E-state index contributed by atoms with van der Waals surface area (Å²) in [5.41, 5.74) is 2.21. The van der Waals surface area contributed by atoms with Gasteiger partial charge in [0.25, 0.3) is 0 Å². The number of fused-ring (bicyclic) bond motifs is 1. The maximum absolute atomic E-state index is 12.5. The van der Waals surface area contributed by atoms with Crippen molar-refractivity contribution in [1.82, 2.24) is 24.3 Å². The van der Waals surface area contributed by atoms with E-state index in [2.05, 4.69) is 33.5 Å². The van der Waals surface area contributed by atoms with E-state index in [4.69, 9.17) is 9.72 Å². The number of benzene rings is 1. The molecular formula is C19H27N5O2. The molecule has 0 radical (unpaired) electrons. The highest BCUT2D eigenvalue weighted by molar-refractivity contribution is 5.78. The largest absolute Gasteiger partial charge is 0.379 e. The smallest absolute Gasteiger partial charge is 0.236 e. The summed E-state index contributed by atoms with van der Waals surface area (Å²) in [4.78, 5) is 23.9. The SMILES string of the molecule is Cn1c(CN2CCN(C(=O)CN3CCOCC3)CC2)nc2ccccc21. The van der Waals surface area contributed by atoms with Crippen molar-refractivity contribution in [2.75, 3.05) is 59.0 Å². The van der Waals surface area contributed by atoms with Crippen molar-refractivity contribution in [3.05, 3.63) is 30.1 Å². The van der Waals surface area contributed by atoms with Crippen LogP contribution in [0.15, 0.2) is 24.3 Å². The molecule has 0 aliphatic carbocycles. The Morgan fingerprint density at radius 3 is 2.50 bits per heavy atom. The molecule has 0 spiro atoms. The molecule has 1 aromatic heterocycles. The highest BCUT2D eigenvalue weighted by atomic mass is 16.5. The number of hydrogen-bond donors (Lipinski definition) is 0. The first-order chi connectivity index (χ1) is 12.7. The van der Waals surface area contributed by atoms with Crippen LogP contribution in [0.4, 0.5) is 0 Å². The average Bonchev–Trinajstić information content (AvgIpc) is 2.99. The van der Waals surface area contributed by atoms with E-state index >= 15 is 0 Å². The zero-order valence-electron chi connectivity index (χ0n) is 15.4. The topological polar surface area (TPSA) is 53.8 Å². The third-order valence-corrected chi connectivity index (χ3v) is 5.43. The van der Waals surface area contributed by atoms with Gasteiger partial charge < -0.3 is 14.2 Å². The molecule has 7 nitrogen and oxygen atoms in total. The Hall–Kier alpha value is -1.96. The molecule has 7 heteroatoms. The van der Waals surface area contributed by atoms with Crippen molar-refractivity contribution in [3.8, 4) is 0 Å². The quantitative estimate of drug-likeness (QED) is 0.800. The molecule has 1 aromatic carbocycles. The number of nitrogens with zero attached hydrogens (tertiary/aromatic N) is 5. The van der Waals surface area contributed by atoms with Crippen molar-refractivity contribution >= 4 is 16.9 Å². The Bertz CT molecular complexity index is 760. The zero-order valence-corrected chi connectivity index (χ0v) is 15.4. The molecule has 4 rings (SSSR count). The molecule has 2 fully saturated rings. The van der Waals surface area contributed by atoms with Crippen LogP contribution in [-0.4, -0.2) is 89.2 Å². The second-order valence-corrected chi connectivity index (χ2v) is 7.12. The summed E-state index contributed by atoms with van der Waals surface area (Å²) in [5.74, 6) is 1.33. The van der Waals surface area contributed by atoms with E-state index in [0.717, 1.165) is 70.4 Å². The first-order valence-electron chi connectivity index (χ1n) is 9.41. The molecule has 2 saturated heterocycles. The maximum atomic E-state index is 12.5. The van der Waals surface area contributed by atoms with Crippen molar-refractivity contribution in [2.24, 2.45) is 7.05 Å². The summed E-state index contributed by atoms with van der Waals surface area (Å²) >= 11 is 0. The van der Waals surface area contributed by atoms with Gasteiger partial charge in [-0.2, -0.15) is 0 Å². The van der Waals surface area contributed by atoms with E-state index in [1.807, 2.05) is 17.0 Å². The van der Waals surface area contributed by atoms with Gasteiger partial charge >= 0.3 is 0 Å². The van der Waals surface area contributed by atoms with Crippen molar-refractivity contribution in [3.63, 3.8) is 0 Å². The fourth-order valence-corrected chi connectivity index (χ4v) is 3.74. The number of morpholine rings is 1. The fourth-order valence-electron chi connectivity index (χ4n) is 3.74. The minimum atomic E-state index is 0.245. The predicted octanol–water partition coefficient (Wildman–Crippen LogP) is 0.550. The number of carbonyl (C=O) groups is 1. The number of aromatic nitrogens is 2. The van der Waals surface area contributed by atoms with Crippen LogP contribution in [-0.2, 0) is 23.1 Å². The molecule has 0 unspecified atom stereocenters. The van der Waals surface area contributed by atoms with Gasteiger partial charge in [-0.3, -0.25) is 14.6 Å². The molecule has 3 heterocycles. The molecule has 0 saturated carbocycles. The van der Waals surface area contributed by atoms with Crippen molar-refractivity contribution < 1.29 is 9.53 Å². The Kier molecular flexibility index (Phi) is 5.19. The number of imidazole rings is 1. The van der Waals surface area contributed by atoms with Gasteiger partial charge in [0.05, 0.1) is 37.3 Å².